The zero-order valence-corrected chi connectivity index (χ0v) is 16.1. The summed E-state index contributed by atoms with van der Waals surface area (Å²) in [6, 6.07) is 11.4. The van der Waals surface area contributed by atoms with Crippen LogP contribution in [0.3, 0.4) is 0 Å². The maximum Gasteiger partial charge on any atom is 0.317 e. The molecular formula is C16H12Cl3N3O6. The lowest BCUT2D eigenvalue weighted by molar-refractivity contribution is -0.394. The number of hydrogen-bond acceptors (Lipinski definition) is 6. The van der Waals surface area contributed by atoms with Crippen LogP contribution in [-0.2, 0) is 11.2 Å². The monoisotopic (exact) mass is 447 g/mol. The Balaban J connectivity index is 2.24. The quantitative estimate of drug-likeness (QED) is 0.296. The van der Waals surface area contributed by atoms with Gasteiger partial charge in [0.25, 0.3) is 5.69 Å². The van der Waals surface area contributed by atoms with Gasteiger partial charge in [0.15, 0.2) is 5.75 Å². The van der Waals surface area contributed by atoms with Gasteiger partial charge < -0.3 is 10.1 Å². The smallest absolute Gasteiger partial charge is 0.317 e. The van der Waals surface area contributed by atoms with Crippen molar-refractivity contribution in [3.05, 3.63) is 74.3 Å². The van der Waals surface area contributed by atoms with E-state index in [4.69, 9.17) is 39.5 Å². The molecule has 0 aliphatic rings. The molecule has 2 aromatic carbocycles. The van der Waals surface area contributed by atoms with Crippen LogP contribution in [0.2, 0.25) is 0 Å². The molecule has 2 aromatic rings. The number of nitro groups is 2. The average molecular weight is 449 g/mol. The number of carbonyl (C=O) groups is 1. The van der Waals surface area contributed by atoms with Crippen molar-refractivity contribution in [3.63, 3.8) is 0 Å². The van der Waals surface area contributed by atoms with Crippen molar-refractivity contribution < 1.29 is 19.4 Å². The third kappa shape index (κ3) is 5.95. The molecule has 0 bridgehead atoms. The second-order valence-electron chi connectivity index (χ2n) is 5.44. The Morgan fingerprint density at radius 2 is 1.71 bits per heavy atom. The van der Waals surface area contributed by atoms with E-state index in [0.717, 1.165) is 12.1 Å². The summed E-state index contributed by atoms with van der Waals surface area (Å²) < 4.78 is 3.14. The maximum absolute atomic E-state index is 12.2. The maximum atomic E-state index is 12.2. The van der Waals surface area contributed by atoms with Crippen LogP contribution >= 0.6 is 34.8 Å². The first-order chi connectivity index (χ1) is 13.1. The molecule has 9 nitrogen and oxygen atoms in total. The third-order valence-corrected chi connectivity index (χ3v) is 3.99. The summed E-state index contributed by atoms with van der Waals surface area (Å²) in [4.78, 5) is 32.6. The number of rotatable bonds is 7. The van der Waals surface area contributed by atoms with E-state index in [9.17, 15) is 25.0 Å². The Kier molecular flexibility index (Phi) is 7.00. The highest BCUT2D eigenvalue weighted by Gasteiger charge is 2.38. The van der Waals surface area contributed by atoms with E-state index < -0.39 is 42.9 Å². The molecule has 148 valence electrons. The Bertz CT molecular complexity index is 889. The summed E-state index contributed by atoms with van der Waals surface area (Å²) in [6.07, 6.45) is -1.64. The lowest BCUT2D eigenvalue weighted by atomic mass is 10.1. The second kappa shape index (κ2) is 9.05. The molecule has 0 heterocycles. The van der Waals surface area contributed by atoms with Gasteiger partial charge in [0.1, 0.15) is 0 Å². The van der Waals surface area contributed by atoms with Crippen LogP contribution in [0.1, 0.15) is 5.56 Å². The Hall–Kier alpha value is -2.62. The van der Waals surface area contributed by atoms with E-state index in [2.05, 4.69) is 5.32 Å². The van der Waals surface area contributed by atoms with Crippen molar-refractivity contribution in [2.24, 2.45) is 0 Å². The van der Waals surface area contributed by atoms with Crippen molar-refractivity contribution in [3.8, 4) is 5.75 Å². The highest BCUT2D eigenvalue weighted by molar-refractivity contribution is 6.68. The highest BCUT2D eigenvalue weighted by Crippen LogP contribution is 2.36. The summed E-state index contributed by atoms with van der Waals surface area (Å²) >= 11 is 17.5. The van der Waals surface area contributed by atoms with Crippen LogP contribution in [-0.4, -0.2) is 25.8 Å². The van der Waals surface area contributed by atoms with Gasteiger partial charge in [-0.2, -0.15) is 0 Å². The van der Waals surface area contributed by atoms with Gasteiger partial charge in [0, 0.05) is 6.07 Å². The minimum Gasteiger partial charge on any atom is -0.459 e. The van der Waals surface area contributed by atoms with E-state index in [1.54, 1.807) is 30.3 Å². The highest BCUT2D eigenvalue weighted by atomic mass is 35.6. The van der Waals surface area contributed by atoms with Crippen LogP contribution in [0.4, 0.5) is 11.4 Å². The lowest BCUT2D eigenvalue weighted by Gasteiger charge is -2.26. The van der Waals surface area contributed by atoms with Gasteiger partial charge in [0.2, 0.25) is 15.9 Å². The number of ether oxygens (including phenoxy) is 1. The van der Waals surface area contributed by atoms with E-state index in [1.807, 2.05) is 0 Å². The molecule has 1 amide bonds. The molecule has 1 atom stereocenters. The van der Waals surface area contributed by atoms with Gasteiger partial charge in [-0.05, 0) is 11.6 Å². The van der Waals surface area contributed by atoms with Gasteiger partial charge in [0.05, 0.1) is 22.3 Å². The van der Waals surface area contributed by atoms with Gasteiger partial charge in [-0.15, -0.1) is 0 Å². The average Bonchev–Trinajstić information content (AvgIpc) is 2.61. The van der Waals surface area contributed by atoms with E-state index in [-0.39, 0.29) is 6.42 Å². The fraction of sp³-hybridized carbons (Fsp3) is 0.188. The number of amides is 1. The largest absolute Gasteiger partial charge is 0.459 e. The van der Waals surface area contributed by atoms with Crippen LogP contribution in [0, 0.1) is 20.2 Å². The molecule has 0 saturated heterocycles. The summed E-state index contributed by atoms with van der Waals surface area (Å²) in [5, 5.41) is 24.4. The van der Waals surface area contributed by atoms with Crippen LogP contribution in [0.15, 0.2) is 48.5 Å². The van der Waals surface area contributed by atoms with Crippen LogP contribution < -0.4 is 10.1 Å². The fourth-order valence-electron chi connectivity index (χ4n) is 2.15. The number of nitrogens with one attached hydrogen (secondary N) is 1. The van der Waals surface area contributed by atoms with Crippen molar-refractivity contribution in [1.82, 2.24) is 5.32 Å². The van der Waals surface area contributed by atoms with Crippen molar-refractivity contribution in [1.29, 1.82) is 0 Å². The predicted molar refractivity (Wildman–Crippen MR) is 103 cm³/mol. The molecule has 0 unspecified atom stereocenters. The minimum atomic E-state index is -2.18. The zero-order valence-electron chi connectivity index (χ0n) is 13.9. The standard InChI is InChI=1S/C16H12Cl3N3O6/c17-16(18,19)15(20-14(23)8-10-4-2-1-3-5-10)28-13-7-6-11(21(24)25)9-12(13)22(26)27/h1-7,9,15H,8H2,(H,20,23)/t15-/m1/s1. The number of alkyl halides is 3. The van der Waals surface area contributed by atoms with E-state index in [1.165, 1.54) is 0 Å². The second-order valence-corrected chi connectivity index (χ2v) is 7.80. The molecule has 0 saturated carbocycles. The fourth-order valence-corrected chi connectivity index (χ4v) is 2.44. The number of halogens is 3. The summed E-state index contributed by atoms with van der Waals surface area (Å²) in [6.45, 7) is 0. The third-order valence-electron chi connectivity index (χ3n) is 3.39. The first-order valence-corrected chi connectivity index (χ1v) is 8.71. The topological polar surface area (TPSA) is 125 Å². The van der Waals surface area contributed by atoms with Crippen molar-refractivity contribution in [2.75, 3.05) is 0 Å². The molecule has 0 spiro atoms. The molecular weight excluding hydrogens is 437 g/mol. The van der Waals surface area contributed by atoms with Crippen LogP contribution in [0.5, 0.6) is 5.75 Å². The van der Waals surface area contributed by atoms with Crippen LogP contribution in [0.25, 0.3) is 0 Å². The predicted octanol–water partition coefficient (Wildman–Crippen LogP) is 3.94. The van der Waals surface area contributed by atoms with Gasteiger partial charge >= 0.3 is 5.69 Å². The minimum absolute atomic E-state index is 0.0518. The Morgan fingerprint density at radius 3 is 2.25 bits per heavy atom. The summed E-state index contributed by atoms with van der Waals surface area (Å²) in [7, 11) is 0. The first kappa shape index (κ1) is 21.7. The first-order valence-electron chi connectivity index (χ1n) is 7.57. The number of carbonyl (C=O) groups excluding carboxylic acids is 1. The normalized spacial score (nSPS) is 12.1. The number of nitro benzene ring substituents is 2. The number of hydrogen-bond donors (Lipinski definition) is 1. The van der Waals surface area contributed by atoms with E-state index in [0.29, 0.717) is 11.6 Å². The molecule has 0 radical (unpaired) electrons. The summed E-state index contributed by atoms with van der Waals surface area (Å²) in [5.41, 5.74) is -0.548. The molecule has 0 aliphatic carbocycles. The molecule has 0 aliphatic heterocycles. The van der Waals surface area contributed by atoms with Crippen molar-refractivity contribution in [2.45, 2.75) is 16.4 Å². The number of non-ortho nitro benzene ring substituents is 1. The number of nitrogens with zero attached hydrogens (tertiary/aromatic N) is 2. The van der Waals surface area contributed by atoms with E-state index >= 15 is 0 Å². The molecule has 0 fully saturated rings. The van der Waals surface area contributed by atoms with Gasteiger partial charge in [-0.3, -0.25) is 25.0 Å². The van der Waals surface area contributed by atoms with Crippen molar-refractivity contribution >= 4 is 52.1 Å². The number of benzene rings is 2. The Morgan fingerprint density at radius 1 is 1.07 bits per heavy atom. The molecule has 0 aromatic heterocycles. The molecule has 28 heavy (non-hydrogen) atoms. The zero-order chi connectivity index (χ0) is 20.9. The van der Waals surface area contributed by atoms with Gasteiger partial charge in [-0.1, -0.05) is 65.1 Å². The van der Waals surface area contributed by atoms with Gasteiger partial charge in [-0.25, -0.2) is 0 Å². The summed E-state index contributed by atoms with van der Waals surface area (Å²) in [5.74, 6) is -0.973. The molecule has 2 rings (SSSR count). The molecule has 1 N–H and O–H groups in total. The Labute approximate surface area is 173 Å². The SMILES string of the molecule is O=C(Cc1ccccc1)N[C@H](Oc1ccc([N+](=O)[O-])cc1[N+](=O)[O-])C(Cl)(Cl)Cl. The lowest BCUT2D eigenvalue weighted by Crippen LogP contribution is -2.48. The molecule has 12 heteroatoms.